The van der Waals surface area contributed by atoms with Crippen LogP contribution in [0, 0.1) is 0 Å². The van der Waals surface area contributed by atoms with E-state index in [-0.39, 0.29) is 5.57 Å². The Morgan fingerprint density at radius 1 is 1.13 bits per heavy atom. The highest BCUT2D eigenvalue weighted by molar-refractivity contribution is 6.42. The standard InChI is InChI=1S/C24H24Cl2N2O3/c1-27(2)13-6-14-28-22(17-10-11-18(25)19(26)15-17)21(23(30)24(28)31)20(29)12-9-16-7-4-3-5-8-16/h3-5,7-12,15,22,30H,6,13-14H2,1-2H3. The van der Waals surface area contributed by atoms with Crippen LogP contribution in [0.4, 0.5) is 0 Å². The van der Waals surface area contributed by atoms with Crippen LogP contribution in [0.15, 0.2) is 65.9 Å². The molecule has 1 unspecified atom stereocenters. The summed E-state index contributed by atoms with van der Waals surface area (Å²) < 4.78 is 0. The van der Waals surface area contributed by atoms with Crippen molar-refractivity contribution in [3.63, 3.8) is 0 Å². The zero-order valence-corrected chi connectivity index (χ0v) is 18.9. The van der Waals surface area contributed by atoms with Gasteiger partial charge in [-0.25, -0.2) is 0 Å². The van der Waals surface area contributed by atoms with Crippen molar-refractivity contribution in [2.24, 2.45) is 0 Å². The lowest BCUT2D eigenvalue weighted by Gasteiger charge is -2.27. The van der Waals surface area contributed by atoms with E-state index in [2.05, 4.69) is 0 Å². The van der Waals surface area contributed by atoms with E-state index in [0.717, 1.165) is 12.1 Å². The molecule has 162 valence electrons. The normalized spacial score (nSPS) is 16.7. The van der Waals surface area contributed by atoms with Crippen LogP contribution >= 0.6 is 23.2 Å². The van der Waals surface area contributed by atoms with Gasteiger partial charge in [-0.2, -0.15) is 0 Å². The molecule has 0 aromatic heterocycles. The Morgan fingerprint density at radius 3 is 2.48 bits per heavy atom. The molecule has 5 nitrogen and oxygen atoms in total. The van der Waals surface area contributed by atoms with Crippen molar-refractivity contribution in [3.05, 3.63) is 87.1 Å². The third kappa shape index (κ3) is 5.37. The largest absolute Gasteiger partial charge is 0.503 e. The molecule has 0 bridgehead atoms. The molecule has 0 radical (unpaired) electrons. The number of amides is 1. The fraction of sp³-hybridized carbons (Fsp3) is 0.250. The van der Waals surface area contributed by atoms with Crippen molar-refractivity contribution < 1.29 is 14.7 Å². The maximum Gasteiger partial charge on any atom is 0.290 e. The summed E-state index contributed by atoms with van der Waals surface area (Å²) in [5.74, 6) is -1.52. The number of rotatable bonds is 8. The average Bonchev–Trinajstić information content (AvgIpc) is 2.99. The molecule has 0 saturated heterocycles. The van der Waals surface area contributed by atoms with E-state index in [1.165, 1.54) is 11.0 Å². The number of aliphatic hydroxyl groups is 1. The van der Waals surface area contributed by atoms with Crippen molar-refractivity contribution in [1.82, 2.24) is 9.80 Å². The van der Waals surface area contributed by atoms with Gasteiger partial charge in [-0.3, -0.25) is 9.59 Å². The summed E-state index contributed by atoms with van der Waals surface area (Å²) in [4.78, 5) is 29.5. The Morgan fingerprint density at radius 2 is 1.84 bits per heavy atom. The molecular formula is C24H24Cl2N2O3. The molecule has 1 N–H and O–H groups in total. The number of carbonyl (C=O) groups excluding carboxylic acids is 2. The van der Waals surface area contributed by atoms with Crippen molar-refractivity contribution in [1.29, 1.82) is 0 Å². The van der Waals surface area contributed by atoms with E-state index < -0.39 is 23.5 Å². The molecule has 1 aliphatic heterocycles. The smallest absolute Gasteiger partial charge is 0.290 e. The number of aliphatic hydroxyl groups excluding tert-OH is 1. The van der Waals surface area contributed by atoms with Crippen LogP contribution in [-0.4, -0.2) is 53.8 Å². The monoisotopic (exact) mass is 458 g/mol. The first-order chi connectivity index (χ1) is 14.8. The minimum absolute atomic E-state index is 0.0421. The van der Waals surface area contributed by atoms with Gasteiger partial charge in [-0.1, -0.05) is 65.7 Å². The summed E-state index contributed by atoms with van der Waals surface area (Å²) in [6, 6.07) is 13.6. The minimum atomic E-state index is -0.739. The summed E-state index contributed by atoms with van der Waals surface area (Å²) in [5, 5.41) is 11.3. The number of ketones is 1. The topological polar surface area (TPSA) is 60.9 Å². The predicted octanol–water partition coefficient (Wildman–Crippen LogP) is 4.92. The van der Waals surface area contributed by atoms with Crippen LogP contribution in [0.2, 0.25) is 10.0 Å². The van der Waals surface area contributed by atoms with Crippen LogP contribution in [0.1, 0.15) is 23.6 Å². The molecular weight excluding hydrogens is 435 g/mol. The molecule has 1 amide bonds. The first-order valence-corrected chi connectivity index (χ1v) is 10.7. The van der Waals surface area contributed by atoms with Crippen LogP contribution < -0.4 is 0 Å². The second kappa shape index (κ2) is 10.1. The SMILES string of the molecule is CN(C)CCCN1C(=O)C(O)=C(C(=O)C=Cc2ccccc2)C1c1ccc(Cl)c(Cl)c1. The number of carbonyl (C=O) groups is 2. The van der Waals surface area contributed by atoms with Gasteiger partial charge >= 0.3 is 0 Å². The molecule has 2 aromatic rings. The summed E-state index contributed by atoms with van der Waals surface area (Å²) in [5.41, 5.74) is 1.50. The van der Waals surface area contributed by atoms with Gasteiger partial charge in [0.15, 0.2) is 11.5 Å². The van der Waals surface area contributed by atoms with Gasteiger partial charge in [0.05, 0.1) is 21.7 Å². The molecule has 3 rings (SSSR count). The predicted molar refractivity (Wildman–Crippen MR) is 124 cm³/mol. The van der Waals surface area contributed by atoms with Crippen LogP contribution in [0.5, 0.6) is 0 Å². The molecule has 0 spiro atoms. The summed E-state index contributed by atoms with van der Waals surface area (Å²) >= 11 is 12.3. The number of nitrogens with zero attached hydrogens (tertiary/aromatic N) is 2. The highest BCUT2D eigenvalue weighted by Crippen LogP contribution is 2.39. The summed E-state index contributed by atoms with van der Waals surface area (Å²) in [6.45, 7) is 1.14. The highest BCUT2D eigenvalue weighted by atomic mass is 35.5. The van der Waals surface area contributed by atoms with Gasteiger partial charge < -0.3 is 14.9 Å². The zero-order valence-electron chi connectivity index (χ0n) is 17.4. The van der Waals surface area contributed by atoms with Gasteiger partial charge in [0.1, 0.15) is 0 Å². The number of hydrogen-bond acceptors (Lipinski definition) is 4. The molecule has 2 aromatic carbocycles. The molecule has 0 aliphatic carbocycles. The quantitative estimate of drug-likeness (QED) is 0.570. The van der Waals surface area contributed by atoms with E-state index in [1.807, 2.05) is 49.3 Å². The lowest BCUT2D eigenvalue weighted by Crippen LogP contribution is -2.33. The van der Waals surface area contributed by atoms with Gasteiger partial charge in [0.2, 0.25) is 0 Å². The van der Waals surface area contributed by atoms with Crippen LogP contribution in [0.25, 0.3) is 6.08 Å². The number of hydrogen-bond donors (Lipinski definition) is 1. The van der Waals surface area contributed by atoms with Crippen LogP contribution in [0.3, 0.4) is 0 Å². The Hall–Kier alpha value is -2.60. The number of benzene rings is 2. The third-order valence-electron chi connectivity index (χ3n) is 5.06. The van der Waals surface area contributed by atoms with E-state index in [0.29, 0.717) is 28.6 Å². The molecule has 1 aliphatic rings. The number of halogens is 2. The Kier molecular flexibility index (Phi) is 7.55. The van der Waals surface area contributed by atoms with Crippen molar-refractivity contribution in [3.8, 4) is 0 Å². The van der Waals surface area contributed by atoms with E-state index in [1.54, 1.807) is 24.3 Å². The first-order valence-electron chi connectivity index (χ1n) is 9.91. The molecule has 1 atom stereocenters. The first kappa shape index (κ1) is 23.1. The Balaban J connectivity index is 1.97. The van der Waals surface area contributed by atoms with Gasteiger partial charge in [-0.05, 0) is 56.4 Å². The molecule has 1 heterocycles. The zero-order chi connectivity index (χ0) is 22.5. The van der Waals surface area contributed by atoms with Gasteiger partial charge in [-0.15, -0.1) is 0 Å². The molecule has 0 fully saturated rings. The van der Waals surface area contributed by atoms with Crippen molar-refractivity contribution in [2.75, 3.05) is 27.2 Å². The second-order valence-corrected chi connectivity index (χ2v) is 8.42. The average molecular weight is 459 g/mol. The Bertz CT molecular complexity index is 1030. The second-order valence-electron chi connectivity index (χ2n) is 7.60. The Labute approximate surface area is 192 Å². The fourth-order valence-corrected chi connectivity index (χ4v) is 3.85. The number of allylic oxidation sites excluding steroid dienone is 1. The molecule has 31 heavy (non-hydrogen) atoms. The van der Waals surface area contributed by atoms with Gasteiger partial charge in [0.25, 0.3) is 5.91 Å². The maximum absolute atomic E-state index is 13.1. The lowest BCUT2D eigenvalue weighted by atomic mass is 9.95. The summed E-state index contributed by atoms with van der Waals surface area (Å²) in [7, 11) is 3.89. The highest BCUT2D eigenvalue weighted by Gasteiger charge is 2.42. The fourth-order valence-electron chi connectivity index (χ4n) is 3.55. The third-order valence-corrected chi connectivity index (χ3v) is 5.80. The summed E-state index contributed by atoms with van der Waals surface area (Å²) in [6.07, 6.45) is 3.72. The lowest BCUT2D eigenvalue weighted by molar-refractivity contribution is -0.129. The van der Waals surface area contributed by atoms with Crippen molar-refractivity contribution in [2.45, 2.75) is 12.5 Å². The van der Waals surface area contributed by atoms with Gasteiger partial charge in [0, 0.05) is 6.54 Å². The maximum atomic E-state index is 13.1. The molecule has 0 saturated carbocycles. The van der Waals surface area contributed by atoms with E-state index >= 15 is 0 Å². The van der Waals surface area contributed by atoms with Crippen molar-refractivity contribution >= 4 is 41.0 Å². The minimum Gasteiger partial charge on any atom is -0.503 e. The van der Waals surface area contributed by atoms with E-state index in [4.69, 9.17) is 23.2 Å². The van der Waals surface area contributed by atoms with E-state index in [9.17, 15) is 14.7 Å². The molecule has 7 heteroatoms. The van der Waals surface area contributed by atoms with Crippen LogP contribution in [-0.2, 0) is 9.59 Å².